The second kappa shape index (κ2) is 9.76. The van der Waals surface area contributed by atoms with E-state index in [0.717, 1.165) is 19.9 Å². The SMILES string of the molecule is CCOC(=O)c1ccc(NC(=O)c2ccc(NCn3c(=S)sc4ccccc43)cc2)cc1. The molecular weight excluding hydrogens is 442 g/mol. The Hall–Kier alpha value is -3.49. The number of anilines is 2. The summed E-state index contributed by atoms with van der Waals surface area (Å²) < 4.78 is 8.98. The predicted molar refractivity (Wildman–Crippen MR) is 131 cm³/mol. The van der Waals surface area contributed by atoms with Gasteiger partial charge in [-0.3, -0.25) is 4.79 Å². The van der Waals surface area contributed by atoms with Gasteiger partial charge in [0.15, 0.2) is 3.95 Å². The number of ether oxygens (including phenoxy) is 1. The molecule has 0 aliphatic heterocycles. The number of nitrogens with zero attached hydrogens (tertiary/aromatic N) is 1. The zero-order valence-electron chi connectivity index (χ0n) is 17.3. The number of carbonyl (C=O) groups excluding carboxylic acids is 2. The van der Waals surface area contributed by atoms with E-state index in [0.29, 0.717) is 30.1 Å². The number of carbonyl (C=O) groups is 2. The lowest BCUT2D eigenvalue weighted by molar-refractivity contribution is 0.0526. The average molecular weight is 464 g/mol. The fourth-order valence-electron chi connectivity index (χ4n) is 3.18. The van der Waals surface area contributed by atoms with Crippen molar-refractivity contribution in [2.75, 3.05) is 17.2 Å². The molecule has 1 amide bonds. The number of nitrogens with one attached hydrogen (secondary N) is 2. The van der Waals surface area contributed by atoms with Gasteiger partial charge in [0, 0.05) is 16.9 Å². The van der Waals surface area contributed by atoms with Crippen LogP contribution in [0.25, 0.3) is 10.2 Å². The second-order valence-electron chi connectivity index (χ2n) is 6.93. The Kier molecular flexibility index (Phi) is 6.63. The molecule has 0 aliphatic rings. The van der Waals surface area contributed by atoms with Gasteiger partial charge in [-0.15, -0.1) is 11.3 Å². The van der Waals surface area contributed by atoms with E-state index >= 15 is 0 Å². The van der Waals surface area contributed by atoms with Crippen molar-refractivity contribution >= 4 is 57.0 Å². The summed E-state index contributed by atoms with van der Waals surface area (Å²) in [5.41, 5.74) is 3.56. The van der Waals surface area contributed by atoms with E-state index < -0.39 is 0 Å². The highest BCUT2D eigenvalue weighted by atomic mass is 32.1. The summed E-state index contributed by atoms with van der Waals surface area (Å²) in [5, 5.41) is 6.18. The first-order valence-electron chi connectivity index (χ1n) is 10.1. The number of benzene rings is 3. The van der Waals surface area contributed by atoms with Gasteiger partial charge in [0.1, 0.15) is 0 Å². The van der Waals surface area contributed by atoms with Gasteiger partial charge in [-0.25, -0.2) is 4.79 Å². The van der Waals surface area contributed by atoms with Crippen molar-refractivity contribution in [2.45, 2.75) is 13.6 Å². The Morgan fingerprint density at radius 3 is 2.31 bits per heavy atom. The lowest BCUT2D eigenvalue weighted by Crippen LogP contribution is -2.12. The molecule has 0 saturated heterocycles. The predicted octanol–water partition coefficient (Wildman–Crippen LogP) is 5.93. The third kappa shape index (κ3) is 4.87. The molecule has 1 heterocycles. The number of hydrogen-bond acceptors (Lipinski definition) is 6. The van der Waals surface area contributed by atoms with Crippen molar-refractivity contribution in [1.82, 2.24) is 4.57 Å². The minimum atomic E-state index is -0.384. The van der Waals surface area contributed by atoms with E-state index in [-0.39, 0.29) is 11.9 Å². The molecule has 0 radical (unpaired) electrons. The molecule has 2 N–H and O–H groups in total. The lowest BCUT2D eigenvalue weighted by Gasteiger charge is -2.10. The van der Waals surface area contributed by atoms with Gasteiger partial charge in [0.2, 0.25) is 0 Å². The molecule has 162 valence electrons. The number of esters is 1. The molecule has 0 atom stereocenters. The van der Waals surface area contributed by atoms with Crippen molar-refractivity contribution in [1.29, 1.82) is 0 Å². The maximum Gasteiger partial charge on any atom is 0.338 e. The van der Waals surface area contributed by atoms with Crippen LogP contribution in [0.1, 0.15) is 27.6 Å². The summed E-state index contributed by atoms with van der Waals surface area (Å²) in [7, 11) is 0. The fourth-order valence-corrected chi connectivity index (χ4v) is 4.50. The fraction of sp³-hybridized carbons (Fsp3) is 0.125. The van der Waals surface area contributed by atoms with E-state index in [1.165, 1.54) is 0 Å². The Labute approximate surface area is 194 Å². The Bertz CT molecular complexity index is 1310. The Balaban J connectivity index is 1.38. The normalized spacial score (nSPS) is 10.7. The van der Waals surface area contributed by atoms with Gasteiger partial charge in [-0.05, 0) is 79.8 Å². The van der Waals surface area contributed by atoms with Gasteiger partial charge >= 0.3 is 5.97 Å². The van der Waals surface area contributed by atoms with E-state index in [1.54, 1.807) is 54.7 Å². The van der Waals surface area contributed by atoms with Crippen LogP contribution in [0.4, 0.5) is 11.4 Å². The first-order chi connectivity index (χ1) is 15.5. The van der Waals surface area contributed by atoms with Crippen LogP contribution in [0.2, 0.25) is 0 Å². The molecule has 6 nitrogen and oxygen atoms in total. The molecule has 32 heavy (non-hydrogen) atoms. The van der Waals surface area contributed by atoms with Crippen molar-refractivity contribution in [3.05, 3.63) is 87.9 Å². The highest BCUT2D eigenvalue weighted by Gasteiger charge is 2.09. The van der Waals surface area contributed by atoms with Crippen LogP contribution in [0.5, 0.6) is 0 Å². The molecule has 0 saturated carbocycles. The van der Waals surface area contributed by atoms with E-state index in [1.807, 2.05) is 24.3 Å². The van der Waals surface area contributed by atoms with Crippen molar-refractivity contribution in [3.8, 4) is 0 Å². The molecule has 0 spiro atoms. The standard InChI is InChI=1S/C24H21N3O3S2/c1-2-30-23(29)17-9-13-19(14-10-17)26-22(28)16-7-11-18(12-8-16)25-15-27-20-5-3-4-6-21(20)32-24(27)31/h3-14,25H,2,15H2,1H3,(H,26,28). The van der Waals surface area contributed by atoms with Crippen LogP contribution in [0.3, 0.4) is 0 Å². The Morgan fingerprint density at radius 2 is 1.59 bits per heavy atom. The quantitative estimate of drug-likeness (QED) is 0.262. The van der Waals surface area contributed by atoms with Gasteiger partial charge < -0.3 is 19.9 Å². The highest BCUT2D eigenvalue weighted by molar-refractivity contribution is 7.73. The van der Waals surface area contributed by atoms with Crippen molar-refractivity contribution in [2.24, 2.45) is 0 Å². The highest BCUT2D eigenvalue weighted by Crippen LogP contribution is 2.23. The van der Waals surface area contributed by atoms with Gasteiger partial charge in [0.05, 0.1) is 29.1 Å². The number of thiazole rings is 1. The monoisotopic (exact) mass is 463 g/mol. The van der Waals surface area contributed by atoms with Crippen molar-refractivity contribution < 1.29 is 14.3 Å². The summed E-state index contributed by atoms with van der Waals surface area (Å²) in [6.07, 6.45) is 0. The molecular formula is C24H21N3O3S2. The number of para-hydroxylation sites is 1. The van der Waals surface area contributed by atoms with Gasteiger partial charge in [-0.2, -0.15) is 0 Å². The molecule has 0 aliphatic carbocycles. The van der Waals surface area contributed by atoms with Crippen LogP contribution in [0.15, 0.2) is 72.8 Å². The summed E-state index contributed by atoms with van der Waals surface area (Å²) >= 11 is 7.07. The maximum absolute atomic E-state index is 12.5. The summed E-state index contributed by atoms with van der Waals surface area (Å²) in [5.74, 6) is -0.614. The molecule has 4 aromatic rings. The number of fused-ring (bicyclic) bond motifs is 1. The van der Waals surface area contributed by atoms with E-state index in [9.17, 15) is 9.59 Å². The number of aromatic nitrogens is 1. The van der Waals surface area contributed by atoms with Crippen LogP contribution in [-0.2, 0) is 11.4 Å². The minimum absolute atomic E-state index is 0.230. The lowest BCUT2D eigenvalue weighted by atomic mass is 10.1. The summed E-state index contributed by atoms with van der Waals surface area (Å²) in [6, 6.07) is 21.9. The topological polar surface area (TPSA) is 72.4 Å². The molecule has 0 unspecified atom stereocenters. The first kappa shape index (κ1) is 21.7. The van der Waals surface area contributed by atoms with Crippen LogP contribution in [0, 0.1) is 3.95 Å². The van der Waals surface area contributed by atoms with Crippen LogP contribution in [-0.4, -0.2) is 23.1 Å². The third-order valence-electron chi connectivity index (χ3n) is 4.82. The molecule has 8 heteroatoms. The van der Waals surface area contributed by atoms with E-state index in [2.05, 4.69) is 27.3 Å². The zero-order chi connectivity index (χ0) is 22.5. The zero-order valence-corrected chi connectivity index (χ0v) is 19.0. The number of hydrogen-bond donors (Lipinski definition) is 2. The smallest absolute Gasteiger partial charge is 0.338 e. The first-order valence-corrected chi connectivity index (χ1v) is 11.3. The van der Waals surface area contributed by atoms with Gasteiger partial charge in [0.25, 0.3) is 5.91 Å². The molecule has 3 aromatic carbocycles. The van der Waals surface area contributed by atoms with E-state index in [4.69, 9.17) is 17.0 Å². The largest absolute Gasteiger partial charge is 0.462 e. The Morgan fingerprint density at radius 1 is 0.938 bits per heavy atom. The molecule has 1 aromatic heterocycles. The molecule has 0 bridgehead atoms. The van der Waals surface area contributed by atoms with Crippen molar-refractivity contribution in [3.63, 3.8) is 0 Å². The number of rotatable bonds is 7. The second-order valence-corrected chi connectivity index (χ2v) is 8.60. The third-order valence-corrected chi connectivity index (χ3v) is 6.25. The minimum Gasteiger partial charge on any atom is -0.462 e. The van der Waals surface area contributed by atoms with Crippen LogP contribution < -0.4 is 10.6 Å². The maximum atomic E-state index is 12.5. The summed E-state index contributed by atoms with van der Waals surface area (Å²) in [6.45, 7) is 2.62. The average Bonchev–Trinajstić information content (AvgIpc) is 3.13. The van der Waals surface area contributed by atoms with Crippen LogP contribution >= 0.6 is 23.6 Å². The van der Waals surface area contributed by atoms with Gasteiger partial charge in [-0.1, -0.05) is 12.1 Å². The molecule has 4 rings (SSSR count). The molecule has 0 fully saturated rings. The summed E-state index contributed by atoms with van der Waals surface area (Å²) in [4.78, 5) is 24.3. The number of amides is 1.